The summed E-state index contributed by atoms with van der Waals surface area (Å²) in [4.78, 5) is 22.8. The first-order valence-corrected chi connectivity index (χ1v) is 7.23. The van der Waals surface area contributed by atoms with Crippen LogP contribution in [0.5, 0.6) is 5.75 Å². The Morgan fingerprint density at radius 2 is 2.09 bits per heavy atom. The van der Waals surface area contributed by atoms with Crippen LogP contribution < -0.4 is 10.1 Å². The van der Waals surface area contributed by atoms with Crippen LogP contribution in [0.4, 0.5) is 0 Å². The molecule has 0 saturated carbocycles. The number of aliphatic carboxylic acids is 1. The highest BCUT2D eigenvalue weighted by Crippen LogP contribution is 2.23. The minimum absolute atomic E-state index is 0.00692. The fourth-order valence-electron chi connectivity index (χ4n) is 1.77. The molecular formula is C15H20ClNO5. The molecule has 22 heavy (non-hydrogen) atoms. The molecule has 0 spiro atoms. The van der Waals surface area contributed by atoms with Gasteiger partial charge < -0.3 is 19.9 Å². The zero-order valence-corrected chi connectivity index (χ0v) is 13.4. The quantitative estimate of drug-likeness (QED) is 0.678. The monoisotopic (exact) mass is 329 g/mol. The molecule has 6 nitrogen and oxygen atoms in total. The Morgan fingerprint density at radius 1 is 1.36 bits per heavy atom. The van der Waals surface area contributed by atoms with E-state index in [0.29, 0.717) is 29.5 Å². The number of methoxy groups -OCH3 is 1. The van der Waals surface area contributed by atoms with Gasteiger partial charge in [0.2, 0.25) is 0 Å². The average molecular weight is 330 g/mol. The minimum Gasteiger partial charge on any atom is -0.490 e. The van der Waals surface area contributed by atoms with Gasteiger partial charge in [-0.3, -0.25) is 9.59 Å². The number of benzene rings is 1. The molecule has 0 fully saturated rings. The number of carbonyl (C=O) groups excluding carboxylic acids is 1. The van der Waals surface area contributed by atoms with Crippen LogP contribution in [-0.4, -0.2) is 43.9 Å². The molecule has 7 heteroatoms. The van der Waals surface area contributed by atoms with Gasteiger partial charge in [-0.2, -0.15) is 0 Å². The van der Waals surface area contributed by atoms with Crippen LogP contribution in [0.25, 0.3) is 0 Å². The maximum Gasteiger partial charge on any atom is 0.303 e. The highest BCUT2D eigenvalue weighted by Gasteiger charge is 2.15. The van der Waals surface area contributed by atoms with E-state index in [4.69, 9.17) is 26.2 Å². The lowest BCUT2D eigenvalue weighted by Gasteiger charge is -2.14. The standard InChI is InChI=1S/C15H20ClNO5/c1-10(7-14(18)19)9-17-15(20)12-8-11(16)3-4-13(12)22-6-5-21-2/h3-4,8,10H,5-7,9H2,1-2H3,(H,17,20)(H,18,19). The molecule has 0 aliphatic heterocycles. The van der Waals surface area contributed by atoms with Crippen LogP contribution in [-0.2, 0) is 9.53 Å². The zero-order valence-electron chi connectivity index (χ0n) is 12.6. The van der Waals surface area contributed by atoms with Crippen LogP contribution in [0.1, 0.15) is 23.7 Å². The van der Waals surface area contributed by atoms with Crippen molar-refractivity contribution >= 4 is 23.5 Å². The van der Waals surface area contributed by atoms with Crippen molar-refractivity contribution in [2.24, 2.45) is 5.92 Å². The number of nitrogens with one attached hydrogen (secondary N) is 1. The maximum atomic E-state index is 12.2. The Balaban J connectivity index is 2.69. The van der Waals surface area contributed by atoms with E-state index in [9.17, 15) is 9.59 Å². The molecule has 0 radical (unpaired) electrons. The lowest BCUT2D eigenvalue weighted by atomic mass is 10.1. The Kier molecular flexibility index (Phi) is 7.70. The highest BCUT2D eigenvalue weighted by molar-refractivity contribution is 6.31. The number of halogens is 1. The number of hydrogen-bond donors (Lipinski definition) is 2. The van der Waals surface area contributed by atoms with E-state index in [1.807, 2.05) is 0 Å². The third-order valence-electron chi connectivity index (χ3n) is 2.87. The molecule has 0 heterocycles. The van der Waals surface area contributed by atoms with Crippen molar-refractivity contribution in [1.29, 1.82) is 0 Å². The topological polar surface area (TPSA) is 84.9 Å². The molecule has 1 amide bonds. The molecule has 0 bridgehead atoms. The molecule has 0 saturated heterocycles. The summed E-state index contributed by atoms with van der Waals surface area (Å²) in [6.07, 6.45) is -0.00692. The zero-order chi connectivity index (χ0) is 16.5. The maximum absolute atomic E-state index is 12.2. The van der Waals surface area contributed by atoms with E-state index in [1.54, 1.807) is 26.2 Å². The number of carboxylic acid groups (broad SMARTS) is 1. The van der Waals surface area contributed by atoms with Crippen molar-refractivity contribution in [3.8, 4) is 5.75 Å². The average Bonchev–Trinajstić information content (AvgIpc) is 2.45. The van der Waals surface area contributed by atoms with Crippen LogP contribution in [0, 0.1) is 5.92 Å². The molecular weight excluding hydrogens is 310 g/mol. The normalized spacial score (nSPS) is 11.8. The van der Waals surface area contributed by atoms with Crippen molar-refractivity contribution in [3.63, 3.8) is 0 Å². The first-order valence-electron chi connectivity index (χ1n) is 6.85. The van der Waals surface area contributed by atoms with E-state index in [-0.39, 0.29) is 24.8 Å². The smallest absolute Gasteiger partial charge is 0.303 e. The van der Waals surface area contributed by atoms with Crippen LogP contribution in [0.2, 0.25) is 5.02 Å². The van der Waals surface area contributed by atoms with Crippen LogP contribution in [0.3, 0.4) is 0 Å². The van der Waals surface area contributed by atoms with E-state index in [2.05, 4.69) is 5.32 Å². The number of ether oxygens (including phenoxy) is 2. The van der Waals surface area contributed by atoms with Gasteiger partial charge >= 0.3 is 5.97 Å². The third kappa shape index (κ3) is 6.32. The molecule has 0 aliphatic rings. The van der Waals surface area contributed by atoms with E-state index in [1.165, 1.54) is 6.07 Å². The largest absolute Gasteiger partial charge is 0.490 e. The number of carbonyl (C=O) groups is 2. The van der Waals surface area contributed by atoms with Crippen molar-refractivity contribution in [1.82, 2.24) is 5.32 Å². The number of amides is 1. The SMILES string of the molecule is COCCOc1ccc(Cl)cc1C(=O)NCC(C)CC(=O)O. The second-order valence-electron chi connectivity index (χ2n) is 4.89. The fraction of sp³-hybridized carbons (Fsp3) is 0.467. The van der Waals surface area contributed by atoms with Crippen LogP contribution in [0.15, 0.2) is 18.2 Å². The molecule has 0 aromatic heterocycles. The highest BCUT2D eigenvalue weighted by atomic mass is 35.5. The lowest BCUT2D eigenvalue weighted by Crippen LogP contribution is -2.29. The fourth-order valence-corrected chi connectivity index (χ4v) is 1.94. The Hall–Kier alpha value is -1.79. The summed E-state index contributed by atoms with van der Waals surface area (Å²) in [5.74, 6) is -1.01. The summed E-state index contributed by atoms with van der Waals surface area (Å²) in [5, 5.41) is 11.8. The first kappa shape index (κ1) is 18.3. The van der Waals surface area contributed by atoms with Gasteiger partial charge in [-0.15, -0.1) is 0 Å². The Labute approximate surface area is 134 Å². The summed E-state index contributed by atoms with van der Waals surface area (Å²) in [5.41, 5.74) is 0.311. The number of rotatable bonds is 9. The summed E-state index contributed by atoms with van der Waals surface area (Å²) in [7, 11) is 1.56. The van der Waals surface area contributed by atoms with Crippen molar-refractivity contribution in [2.45, 2.75) is 13.3 Å². The van der Waals surface area contributed by atoms with Gasteiger partial charge in [-0.25, -0.2) is 0 Å². The third-order valence-corrected chi connectivity index (χ3v) is 3.10. The Morgan fingerprint density at radius 3 is 2.73 bits per heavy atom. The van der Waals surface area contributed by atoms with Crippen LogP contribution >= 0.6 is 11.6 Å². The molecule has 1 atom stereocenters. The summed E-state index contributed by atoms with van der Waals surface area (Å²) < 4.78 is 10.4. The summed E-state index contributed by atoms with van der Waals surface area (Å²) in [6, 6.07) is 4.77. The van der Waals surface area contributed by atoms with Crippen molar-refractivity contribution in [3.05, 3.63) is 28.8 Å². The van der Waals surface area contributed by atoms with E-state index in [0.717, 1.165) is 0 Å². The number of carboxylic acids is 1. The van der Waals surface area contributed by atoms with Gasteiger partial charge in [0.1, 0.15) is 12.4 Å². The van der Waals surface area contributed by atoms with E-state index < -0.39 is 5.97 Å². The lowest BCUT2D eigenvalue weighted by molar-refractivity contribution is -0.137. The van der Waals surface area contributed by atoms with Gasteiger partial charge in [-0.05, 0) is 24.1 Å². The molecule has 122 valence electrons. The van der Waals surface area contributed by atoms with Gasteiger partial charge in [-0.1, -0.05) is 18.5 Å². The molecule has 2 N–H and O–H groups in total. The van der Waals surface area contributed by atoms with E-state index >= 15 is 0 Å². The van der Waals surface area contributed by atoms with Crippen molar-refractivity contribution in [2.75, 3.05) is 26.9 Å². The molecule has 1 rings (SSSR count). The predicted octanol–water partition coefficient (Wildman–Crippen LogP) is 2.21. The molecule has 0 aliphatic carbocycles. The molecule has 1 aromatic rings. The number of hydrogen-bond acceptors (Lipinski definition) is 4. The van der Waals surface area contributed by atoms with Gasteiger partial charge in [0.05, 0.1) is 12.2 Å². The predicted molar refractivity (Wildman–Crippen MR) is 82.6 cm³/mol. The second kappa shape index (κ2) is 9.27. The molecule has 1 unspecified atom stereocenters. The molecule has 1 aromatic carbocycles. The Bertz CT molecular complexity index is 521. The van der Waals surface area contributed by atoms with Gasteiger partial charge in [0.15, 0.2) is 0 Å². The van der Waals surface area contributed by atoms with Gasteiger partial charge in [0, 0.05) is 25.1 Å². The van der Waals surface area contributed by atoms with Crippen molar-refractivity contribution < 1.29 is 24.2 Å². The first-order chi connectivity index (χ1) is 10.4. The summed E-state index contributed by atoms with van der Waals surface area (Å²) in [6.45, 7) is 2.73. The summed E-state index contributed by atoms with van der Waals surface area (Å²) >= 11 is 5.92. The van der Waals surface area contributed by atoms with Gasteiger partial charge in [0.25, 0.3) is 5.91 Å². The minimum atomic E-state index is -0.895. The second-order valence-corrected chi connectivity index (χ2v) is 5.33.